The molecule has 1 aliphatic heterocycles. The molecule has 3 heterocycles. The minimum atomic E-state index is -0.466. The van der Waals surface area contributed by atoms with Crippen LogP contribution in [0.25, 0.3) is 33.2 Å². The smallest absolute Gasteiger partial charge is 0.303 e. The molecular weight excluding hydrogens is 518 g/mol. The molecule has 41 heavy (non-hydrogen) atoms. The third-order valence-corrected chi connectivity index (χ3v) is 7.37. The van der Waals surface area contributed by atoms with Crippen molar-refractivity contribution in [3.8, 4) is 34.1 Å². The molecule has 0 spiro atoms. The van der Waals surface area contributed by atoms with Gasteiger partial charge >= 0.3 is 5.97 Å². The molecule has 0 aliphatic carbocycles. The van der Waals surface area contributed by atoms with Gasteiger partial charge < -0.3 is 19.3 Å². The van der Waals surface area contributed by atoms with E-state index in [1.807, 2.05) is 68.7 Å². The van der Waals surface area contributed by atoms with Gasteiger partial charge in [0.05, 0.1) is 24.3 Å². The first kappa shape index (κ1) is 27.6. The number of piperazine rings is 1. The SMILES string of the molecule is COc1c(-c2ccc(N3C[C@@H](C)N(C(=O)COC(C)=O)[C@@H](C)C3)nc2)cnc2c(-c3ccc(C#N)cc3)cccc12. The van der Waals surface area contributed by atoms with Gasteiger partial charge in [-0.3, -0.25) is 14.6 Å². The standard InChI is InChI=1S/C32H31N5O4/c1-20-17-36(18-21(2)37(20)30(39)19-41-22(3)38)29-13-12-25(15-34-29)28-16-35-31-26(6-5-7-27(31)32(28)40-4)24-10-8-23(14-33)9-11-24/h5-13,15-16,20-21H,17-19H2,1-4H3/t20-,21+. The van der Waals surface area contributed by atoms with Crippen LogP contribution in [-0.2, 0) is 14.3 Å². The number of methoxy groups -OCH3 is 1. The molecule has 0 bridgehead atoms. The fourth-order valence-electron chi connectivity index (χ4n) is 5.55. The Labute approximate surface area is 239 Å². The summed E-state index contributed by atoms with van der Waals surface area (Å²) >= 11 is 0. The minimum Gasteiger partial charge on any atom is -0.495 e. The summed E-state index contributed by atoms with van der Waals surface area (Å²) in [4.78, 5) is 37.3. The van der Waals surface area contributed by atoms with Gasteiger partial charge in [-0.05, 0) is 49.7 Å². The van der Waals surface area contributed by atoms with E-state index >= 15 is 0 Å². The van der Waals surface area contributed by atoms with Crippen LogP contribution in [0.5, 0.6) is 5.75 Å². The first-order valence-corrected chi connectivity index (χ1v) is 13.4. The zero-order valence-corrected chi connectivity index (χ0v) is 23.5. The fraction of sp³-hybridized carbons (Fsp3) is 0.281. The number of nitrogens with zero attached hydrogens (tertiary/aromatic N) is 5. The molecular formula is C32H31N5O4. The van der Waals surface area contributed by atoms with Gasteiger partial charge in [0.15, 0.2) is 6.61 Å². The van der Waals surface area contributed by atoms with Crippen LogP contribution in [0, 0.1) is 11.3 Å². The van der Waals surface area contributed by atoms with E-state index in [4.69, 9.17) is 24.7 Å². The first-order chi connectivity index (χ1) is 19.8. The van der Waals surface area contributed by atoms with E-state index in [-0.39, 0.29) is 24.6 Å². The maximum Gasteiger partial charge on any atom is 0.303 e. The van der Waals surface area contributed by atoms with Gasteiger partial charge in [-0.1, -0.05) is 24.3 Å². The van der Waals surface area contributed by atoms with Crippen molar-refractivity contribution in [1.82, 2.24) is 14.9 Å². The quantitative estimate of drug-likeness (QED) is 0.315. The van der Waals surface area contributed by atoms with E-state index in [1.165, 1.54) is 6.92 Å². The van der Waals surface area contributed by atoms with Gasteiger partial charge in [-0.2, -0.15) is 5.26 Å². The number of nitriles is 1. The Kier molecular flexibility index (Phi) is 7.83. The van der Waals surface area contributed by atoms with Crippen LogP contribution < -0.4 is 9.64 Å². The summed E-state index contributed by atoms with van der Waals surface area (Å²) in [5.41, 5.74) is 5.06. The molecule has 2 aromatic carbocycles. The Morgan fingerprint density at radius 1 is 0.951 bits per heavy atom. The number of carbonyl (C=O) groups excluding carboxylic acids is 2. The molecule has 2 aromatic heterocycles. The van der Waals surface area contributed by atoms with E-state index < -0.39 is 5.97 Å². The lowest BCUT2D eigenvalue weighted by Crippen LogP contribution is -2.59. The number of benzene rings is 2. The predicted octanol–water partition coefficient (Wildman–Crippen LogP) is 4.83. The van der Waals surface area contributed by atoms with Crippen molar-refractivity contribution >= 4 is 28.6 Å². The number of esters is 1. The monoisotopic (exact) mass is 549 g/mol. The topological polar surface area (TPSA) is 109 Å². The Morgan fingerprint density at radius 3 is 2.27 bits per heavy atom. The van der Waals surface area contributed by atoms with Crippen LogP contribution in [-0.4, -0.2) is 65.6 Å². The number of fused-ring (bicyclic) bond motifs is 1. The van der Waals surface area contributed by atoms with Crippen molar-refractivity contribution in [2.75, 3.05) is 31.7 Å². The van der Waals surface area contributed by atoms with Gasteiger partial charge in [0, 0.05) is 66.6 Å². The molecule has 0 radical (unpaired) electrons. The van der Waals surface area contributed by atoms with Crippen molar-refractivity contribution in [1.29, 1.82) is 5.26 Å². The molecule has 208 valence electrons. The second-order valence-electron chi connectivity index (χ2n) is 10.2. The van der Waals surface area contributed by atoms with Crippen LogP contribution in [0.15, 0.2) is 67.0 Å². The molecule has 1 aliphatic rings. The summed E-state index contributed by atoms with van der Waals surface area (Å²) < 4.78 is 10.8. The molecule has 4 aromatic rings. The summed E-state index contributed by atoms with van der Waals surface area (Å²) in [6.07, 6.45) is 3.63. The summed E-state index contributed by atoms with van der Waals surface area (Å²) in [6.45, 7) is 6.25. The van der Waals surface area contributed by atoms with Crippen molar-refractivity contribution < 1.29 is 19.1 Å². The fourth-order valence-corrected chi connectivity index (χ4v) is 5.55. The van der Waals surface area contributed by atoms with Gasteiger partial charge in [0.25, 0.3) is 5.91 Å². The number of ether oxygens (including phenoxy) is 2. The Morgan fingerprint density at radius 2 is 1.66 bits per heavy atom. The summed E-state index contributed by atoms with van der Waals surface area (Å²) in [5.74, 6) is 0.866. The lowest BCUT2D eigenvalue weighted by atomic mass is 9.98. The molecule has 9 heteroatoms. The number of hydrogen-bond donors (Lipinski definition) is 0. The molecule has 0 unspecified atom stereocenters. The molecule has 1 saturated heterocycles. The normalized spacial score (nSPS) is 16.8. The van der Waals surface area contributed by atoms with Crippen LogP contribution in [0.1, 0.15) is 26.3 Å². The highest BCUT2D eigenvalue weighted by molar-refractivity contribution is 6.00. The number of amides is 1. The summed E-state index contributed by atoms with van der Waals surface area (Å²) in [7, 11) is 1.65. The maximum absolute atomic E-state index is 12.6. The molecule has 9 nitrogen and oxygen atoms in total. The van der Waals surface area contributed by atoms with Crippen molar-refractivity contribution in [2.45, 2.75) is 32.9 Å². The first-order valence-electron chi connectivity index (χ1n) is 13.4. The molecule has 0 N–H and O–H groups in total. The van der Waals surface area contributed by atoms with Gasteiger partial charge in [0.1, 0.15) is 11.6 Å². The van der Waals surface area contributed by atoms with Crippen LogP contribution in [0.4, 0.5) is 5.82 Å². The number of aromatic nitrogens is 2. The Bertz CT molecular complexity index is 1620. The highest BCUT2D eigenvalue weighted by Gasteiger charge is 2.33. The van der Waals surface area contributed by atoms with E-state index in [1.54, 1.807) is 24.1 Å². The average molecular weight is 550 g/mol. The zero-order chi connectivity index (χ0) is 29.1. The lowest BCUT2D eigenvalue weighted by molar-refractivity contribution is -0.152. The van der Waals surface area contributed by atoms with Crippen molar-refractivity contribution in [3.63, 3.8) is 0 Å². The number of carbonyl (C=O) groups is 2. The third kappa shape index (κ3) is 5.54. The van der Waals surface area contributed by atoms with Crippen molar-refractivity contribution in [2.24, 2.45) is 0 Å². The highest BCUT2D eigenvalue weighted by atomic mass is 16.5. The predicted molar refractivity (Wildman–Crippen MR) is 156 cm³/mol. The van der Waals surface area contributed by atoms with Crippen LogP contribution in [0.3, 0.4) is 0 Å². The lowest BCUT2D eigenvalue weighted by Gasteiger charge is -2.44. The van der Waals surface area contributed by atoms with E-state index in [0.29, 0.717) is 24.4 Å². The Balaban J connectivity index is 1.39. The van der Waals surface area contributed by atoms with E-state index in [2.05, 4.69) is 11.0 Å². The second kappa shape index (κ2) is 11.6. The second-order valence-corrected chi connectivity index (χ2v) is 10.2. The van der Waals surface area contributed by atoms with Gasteiger partial charge in [0.2, 0.25) is 0 Å². The number of para-hydroxylation sites is 1. The van der Waals surface area contributed by atoms with E-state index in [0.717, 1.165) is 39.0 Å². The highest BCUT2D eigenvalue weighted by Crippen LogP contribution is 2.39. The number of pyridine rings is 2. The summed E-state index contributed by atoms with van der Waals surface area (Å²) in [6, 6.07) is 19.4. The molecule has 2 atom stereocenters. The Hall–Kier alpha value is -4.97. The summed E-state index contributed by atoms with van der Waals surface area (Å²) in [5, 5.41) is 10.0. The molecule has 1 amide bonds. The largest absolute Gasteiger partial charge is 0.495 e. The number of hydrogen-bond acceptors (Lipinski definition) is 8. The minimum absolute atomic E-state index is 0.0710. The zero-order valence-electron chi connectivity index (χ0n) is 23.5. The molecule has 1 fully saturated rings. The maximum atomic E-state index is 12.6. The van der Waals surface area contributed by atoms with Crippen LogP contribution >= 0.6 is 0 Å². The average Bonchev–Trinajstić information content (AvgIpc) is 2.98. The van der Waals surface area contributed by atoms with Gasteiger partial charge in [-0.15, -0.1) is 0 Å². The van der Waals surface area contributed by atoms with Crippen LogP contribution in [0.2, 0.25) is 0 Å². The number of rotatable bonds is 6. The third-order valence-electron chi connectivity index (χ3n) is 7.37. The number of anilines is 1. The van der Waals surface area contributed by atoms with Gasteiger partial charge in [-0.25, -0.2) is 4.98 Å². The molecule has 0 saturated carbocycles. The van der Waals surface area contributed by atoms with E-state index in [9.17, 15) is 9.59 Å². The molecule has 5 rings (SSSR count). The van der Waals surface area contributed by atoms with Crippen molar-refractivity contribution in [3.05, 3.63) is 72.6 Å².